The summed E-state index contributed by atoms with van der Waals surface area (Å²) in [6.07, 6.45) is 1.67. The van der Waals surface area contributed by atoms with Crippen molar-refractivity contribution in [1.29, 1.82) is 0 Å². The summed E-state index contributed by atoms with van der Waals surface area (Å²) in [6, 6.07) is 16.3. The SMILES string of the molecule is Cc1cccc(C)c1CS(=O)(=O)c1ccc2c(c1)NC(=O)/C(=C/c1ccc(F)cc1)S2. The fourth-order valence-corrected chi connectivity index (χ4v) is 5.90. The van der Waals surface area contributed by atoms with Gasteiger partial charge in [0.1, 0.15) is 5.82 Å². The number of anilines is 1. The number of fused-ring (bicyclic) bond motifs is 1. The molecule has 0 fully saturated rings. The van der Waals surface area contributed by atoms with Gasteiger partial charge < -0.3 is 5.32 Å². The van der Waals surface area contributed by atoms with Crippen LogP contribution in [0, 0.1) is 19.7 Å². The van der Waals surface area contributed by atoms with Crippen molar-refractivity contribution in [3.05, 3.63) is 93.6 Å². The molecule has 3 aromatic rings. The average Bonchev–Trinajstić information content (AvgIpc) is 2.72. The van der Waals surface area contributed by atoms with Crippen molar-refractivity contribution in [3.8, 4) is 0 Å². The molecule has 0 atom stereocenters. The molecule has 0 aliphatic carbocycles. The number of carbonyl (C=O) groups is 1. The van der Waals surface area contributed by atoms with Crippen LogP contribution in [0.3, 0.4) is 0 Å². The summed E-state index contributed by atoms with van der Waals surface area (Å²) in [5, 5.41) is 2.77. The second-order valence-corrected chi connectivity index (χ2v) is 10.5. The topological polar surface area (TPSA) is 63.2 Å². The summed E-state index contributed by atoms with van der Waals surface area (Å²) >= 11 is 1.25. The number of carbonyl (C=O) groups excluding carboxylic acids is 1. The van der Waals surface area contributed by atoms with Crippen molar-refractivity contribution >= 4 is 39.3 Å². The van der Waals surface area contributed by atoms with Gasteiger partial charge in [-0.15, -0.1) is 0 Å². The standard InChI is InChI=1S/C24H20FNO3S2/c1-15-4-3-5-16(2)20(15)14-31(28,29)19-10-11-22-21(13-19)26-24(27)23(30-22)12-17-6-8-18(25)9-7-17/h3-13H,14H2,1-2H3,(H,26,27)/b23-12-. The Labute approximate surface area is 185 Å². The molecule has 4 nitrogen and oxygen atoms in total. The van der Waals surface area contributed by atoms with Gasteiger partial charge in [-0.2, -0.15) is 0 Å². The zero-order valence-electron chi connectivity index (χ0n) is 17.0. The number of nitrogens with one attached hydrogen (secondary N) is 1. The highest BCUT2D eigenvalue weighted by molar-refractivity contribution is 8.04. The number of aryl methyl sites for hydroxylation is 2. The van der Waals surface area contributed by atoms with Crippen LogP contribution in [0.2, 0.25) is 0 Å². The van der Waals surface area contributed by atoms with Crippen LogP contribution in [0.1, 0.15) is 22.3 Å². The minimum Gasteiger partial charge on any atom is -0.320 e. The minimum atomic E-state index is -3.59. The summed E-state index contributed by atoms with van der Waals surface area (Å²) in [6.45, 7) is 3.80. The smallest absolute Gasteiger partial charge is 0.262 e. The molecule has 0 radical (unpaired) electrons. The molecule has 31 heavy (non-hydrogen) atoms. The largest absolute Gasteiger partial charge is 0.320 e. The first-order valence-electron chi connectivity index (χ1n) is 9.61. The highest BCUT2D eigenvalue weighted by atomic mass is 32.2. The van der Waals surface area contributed by atoms with E-state index in [1.165, 1.54) is 30.0 Å². The molecule has 0 unspecified atom stereocenters. The lowest BCUT2D eigenvalue weighted by Crippen LogP contribution is -2.18. The van der Waals surface area contributed by atoms with Crippen molar-refractivity contribution < 1.29 is 17.6 Å². The molecule has 1 amide bonds. The Balaban J connectivity index is 1.62. The Morgan fingerprint density at radius 3 is 2.35 bits per heavy atom. The monoisotopic (exact) mass is 453 g/mol. The number of hydrogen-bond acceptors (Lipinski definition) is 4. The first kappa shape index (κ1) is 21.3. The fraction of sp³-hybridized carbons (Fsp3) is 0.125. The quantitative estimate of drug-likeness (QED) is 0.530. The van der Waals surface area contributed by atoms with E-state index < -0.39 is 9.84 Å². The summed E-state index contributed by atoms with van der Waals surface area (Å²) in [4.78, 5) is 13.9. The first-order chi connectivity index (χ1) is 14.7. The van der Waals surface area contributed by atoms with E-state index in [0.717, 1.165) is 21.6 Å². The van der Waals surface area contributed by atoms with Gasteiger partial charge in [-0.05, 0) is 72.5 Å². The molecule has 0 saturated heterocycles. The van der Waals surface area contributed by atoms with Gasteiger partial charge in [0.15, 0.2) is 9.84 Å². The van der Waals surface area contributed by atoms with E-state index in [2.05, 4.69) is 5.32 Å². The molecule has 1 aliphatic heterocycles. The van der Waals surface area contributed by atoms with E-state index in [9.17, 15) is 17.6 Å². The number of rotatable bonds is 4. The predicted molar refractivity (Wildman–Crippen MR) is 122 cm³/mol. The maximum absolute atomic E-state index is 13.1. The molecular formula is C24H20FNO3S2. The second-order valence-electron chi connectivity index (χ2n) is 7.40. The third-order valence-electron chi connectivity index (χ3n) is 5.15. The van der Waals surface area contributed by atoms with Gasteiger partial charge in [-0.3, -0.25) is 4.79 Å². The predicted octanol–water partition coefficient (Wildman–Crippen LogP) is 5.50. The molecule has 7 heteroatoms. The third-order valence-corrected chi connectivity index (χ3v) is 7.89. The molecule has 4 rings (SSSR count). The van der Waals surface area contributed by atoms with E-state index in [0.29, 0.717) is 16.2 Å². The third kappa shape index (κ3) is 4.57. The molecule has 0 aromatic heterocycles. The summed E-state index contributed by atoms with van der Waals surface area (Å²) in [5.41, 5.74) is 3.83. The van der Waals surface area contributed by atoms with Gasteiger partial charge in [0.25, 0.3) is 5.91 Å². The fourth-order valence-electron chi connectivity index (χ4n) is 3.39. The normalized spacial score (nSPS) is 14.9. The number of hydrogen-bond donors (Lipinski definition) is 1. The van der Waals surface area contributed by atoms with Crippen LogP contribution in [0.5, 0.6) is 0 Å². The van der Waals surface area contributed by atoms with Crippen molar-refractivity contribution in [3.63, 3.8) is 0 Å². The second kappa shape index (κ2) is 8.32. The van der Waals surface area contributed by atoms with Crippen LogP contribution in [-0.4, -0.2) is 14.3 Å². The zero-order valence-corrected chi connectivity index (χ0v) is 18.6. The van der Waals surface area contributed by atoms with E-state index in [1.54, 1.807) is 30.3 Å². The highest BCUT2D eigenvalue weighted by Gasteiger charge is 2.24. The maximum Gasteiger partial charge on any atom is 0.262 e. The summed E-state index contributed by atoms with van der Waals surface area (Å²) < 4.78 is 39.2. The van der Waals surface area contributed by atoms with E-state index >= 15 is 0 Å². The van der Waals surface area contributed by atoms with Crippen LogP contribution in [-0.2, 0) is 20.4 Å². The van der Waals surface area contributed by atoms with Crippen LogP contribution >= 0.6 is 11.8 Å². The van der Waals surface area contributed by atoms with Crippen molar-refractivity contribution in [1.82, 2.24) is 0 Å². The lowest BCUT2D eigenvalue weighted by molar-refractivity contribution is -0.112. The molecule has 158 valence electrons. The van der Waals surface area contributed by atoms with Crippen molar-refractivity contribution in [2.75, 3.05) is 5.32 Å². The number of thioether (sulfide) groups is 1. The molecule has 0 spiro atoms. The van der Waals surface area contributed by atoms with Gasteiger partial charge in [0.05, 0.1) is 21.2 Å². The summed E-state index contributed by atoms with van der Waals surface area (Å²) in [7, 11) is -3.59. The van der Waals surface area contributed by atoms with Crippen LogP contribution in [0.25, 0.3) is 6.08 Å². The minimum absolute atomic E-state index is 0.0961. The molecule has 3 aromatic carbocycles. The molecule has 0 saturated carbocycles. The van der Waals surface area contributed by atoms with Crippen LogP contribution in [0.15, 0.2) is 75.4 Å². The van der Waals surface area contributed by atoms with E-state index in [-0.39, 0.29) is 22.4 Å². The van der Waals surface area contributed by atoms with Crippen LogP contribution < -0.4 is 5.32 Å². The Kier molecular flexibility index (Phi) is 5.73. The maximum atomic E-state index is 13.1. The van der Waals surface area contributed by atoms with Gasteiger partial charge in [-0.1, -0.05) is 42.1 Å². The molecular weight excluding hydrogens is 433 g/mol. The average molecular weight is 454 g/mol. The van der Waals surface area contributed by atoms with Crippen molar-refractivity contribution in [2.24, 2.45) is 0 Å². The lowest BCUT2D eigenvalue weighted by Gasteiger charge is -2.20. The summed E-state index contributed by atoms with van der Waals surface area (Å²) in [5.74, 6) is -0.768. The molecule has 1 aliphatic rings. The number of sulfone groups is 1. The molecule has 1 N–H and O–H groups in total. The number of halogens is 1. The van der Waals surface area contributed by atoms with E-state index in [4.69, 9.17) is 0 Å². The van der Waals surface area contributed by atoms with E-state index in [1.807, 2.05) is 32.0 Å². The lowest BCUT2D eigenvalue weighted by atomic mass is 10.1. The van der Waals surface area contributed by atoms with Gasteiger partial charge in [0.2, 0.25) is 0 Å². The zero-order chi connectivity index (χ0) is 22.2. The highest BCUT2D eigenvalue weighted by Crippen LogP contribution is 2.40. The Bertz CT molecular complexity index is 1290. The van der Waals surface area contributed by atoms with Gasteiger partial charge >= 0.3 is 0 Å². The Hall–Kier alpha value is -2.90. The Morgan fingerprint density at radius 1 is 1.00 bits per heavy atom. The number of benzene rings is 3. The Morgan fingerprint density at radius 2 is 1.68 bits per heavy atom. The number of amides is 1. The van der Waals surface area contributed by atoms with Crippen LogP contribution in [0.4, 0.5) is 10.1 Å². The van der Waals surface area contributed by atoms with Crippen molar-refractivity contribution in [2.45, 2.75) is 29.4 Å². The van der Waals surface area contributed by atoms with Gasteiger partial charge in [0, 0.05) is 4.90 Å². The molecule has 0 bridgehead atoms. The van der Waals surface area contributed by atoms with Gasteiger partial charge in [-0.25, -0.2) is 12.8 Å². The molecule has 1 heterocycles. The first-order valence-corrected chi connectivity index (χ1v) is 12.1.